The van der Waals surface area contributed by atoms with Gasteiger partial charge in [0.25, 0.3) is 0 Å². The second kappa shape index (κ2) is 20.5. The normalized spacial score (nSPS) is 11.0. The Balaban J connectivity index is 0.00000325. The van der Waals surface area contributed by atoms with Crippen molar-refractivity contribution >= 4 is 104 Å². The Kier molecular flexibility index (Phi) is 16.4. The minimum atomic E-state index is -4.97. The number of rotatable bonds is 14. The first-order chi connectivity index (χ1) is 25.1. The number of hydrogen-bond donors (Lipinski definition) is 4. The molecule has 0 aliphatic carbocycles. The van der Waals surface area contributed by atoms with E-state index in [0.717, 1.165) is 11.8 Å². The van der Waals surface area contributed by atoms with Crippen molar-refractivity contribution in [1.29, 1.82) is 0 Å². The molecular weight excluding hydrogens is 801 g/mol. The molecule has 16 nitrogen and oxygen atoms in total. The van der Waals surface area contributed by atoms with E-state index in [2.05, 4.69) is 60.5 Å². The molecule has 0 radical (unpaired) electrons. The summed E-state index contributed by atoms with van der Waals surface area (Å²) in [7, 11) is -4.97. The van der Waals surface area contributed by atoms with E-state index < -0.39 is 15.0 Å². The Morgan fingerprint density at radius 1 is 0.593 bits per heavy atom. The third kappa shape index (κ3) is 12.5. The number of halogens is 2. The summed E-state index contributed by atoms with van der Waals surface area (Å²) in [6.07, 6.45) is 2.93. The Hall–Kier alpha value is -3.44. The van der Waals surface area contributed by atoms with Crippen LogP contribution in [0.15, 0.2) is 107 Å². The number of anilines is 8. The first-order valence-corrected chi connectivity index (χ1v) is 17.6. The molecule has 264 valence electrons. The Morgan fingerprint density at radius 3 is 1.48 bits per heavy atom. The summed E-state index contributed by atoms with van der Waals surface area (Å²) in [5.41, 5.74) is 2.61. The van der Waals surface area contributed by atoms with Crippen molar-refractivity contribution < 1.29 is 86.7 Å². The van der Waals surface area contributed by atoms with E-state index >= 15 is 0 Å². The van der Waals surface area contributed by atoms with Gasteiger partial charge in [0, 0.05) is 27.6 Å². The van der Waals surface area contributed by atoms with Gasteiger partial charge in [-0.15, -0.1) is 0 Å². The van der Waals surface area contributed by atoms with E-state index in [1.165, 1.54) is 24.3 Å². The molecular formula is C32H22Cl2N10Na2O6S2. The maximum atomic E-state index is 12.4. The van der Waals surface area contributed by atoms with Crippen LogP contribution in [0.5, 0.6) is 0 Å². The SMILES string of the molecule is O=S(=O)([O-])c1cc(Nc2nc(Cl)nc(Nc3ccccc3)n2)ccc1/C=C/c1ccc(Nc2nc(Cl)nc(Nc3ccccc3)n2)cc1SOO[O-].[Na+].[Na+]. The summed E-state index contributed by atoms with van der Waals surface area (Å²) in [4.78, 5) is 24.7. The first kappa shape index (κ1) is 43.3. The molecule has 2 heterocycles. The molecule has 0 fully saturated rings. The summed E-state index contributed by atoms with van der Waals surface area (Å²) >= 11 is 12.8. The molecule has 0 saturated carbocycles. The minimum Gasteiger partial charge on any atom is -0.744 e. The number of para-hydroxylation sites is 2. The smallest absolute Gasteiger partial charge is 0.744 e. The summed E-state index contributed by atoms with van der Waals surface area (Å²) < 4.78 is 41.6. The van der Waals surface area contributed by atoms with Crippen LogP contribution in [-0.4, -0.2) is 42.9 Å². The standard InChI is InChI=1S/C32H24Cl2N10O6S2.2Na/c33-27-39-29(35-21-7-3-1-4-8-21)43-31(41-27)37-23-15-13-19(25(17-23)51-50-49-45)11-12-20-14-16-24(18-26(20)52(46,47)48)38-32-42-28(34)40-30(44-32)36-22-9-5-2-6-10-22;;/h1-18,45H,(H,46,47,48)(H2,35,37,39,41,43)(H2,36,38,40,42,44);;/q;2*+1/p-2/b12-11+;;. The number of nitrogens with zero attached hydrogens (tertiary/aromatic N) is 6. The minimum absolute atomic E-state index is 0. The van der Waals surface area contributed by atoms with Gasteiger partial charge >= 0.3 is 59.1 Å². The maximum Gasteiger partial charge on any atom is 1.00 e. The second-order valence-corrected chi connectivity index (χ2v) is 13.0. The summed E-state index contributed by atoms with van der Waals surface area (Å²) in [6.45, 7) is 0. The third-order valence-corrected chi connectivity index (χ3v) is 8.57. The zero-order chi connectivity index (χ0) is 36.5. The van der Waals surface area contributed by atoms with Crippen molar-refractivity contribution in [2.45, 2.75) is 9.79 Å². The largest absolute Gasteiger partial charge is 1.00 e. The quantitative estimate of drug-likeness (QED) is 0.0296. The zero-order valence-electron chi connectivity index (χ0n) is 28.1. The van der Waals surface area contributed by atoms with Gasteiger partial charge in [-0.3, -0.25) is 5.04 Å². The molecule has 0 atom stereocenters. The summed E-state index contributed by atoms with van der Waals surface area (Å²) in [5, 5.41) is 25.9. The summed E-state index contributed by atoms with van der Waals surface area (Å²) in [5.74, 6) is 0.433. The monoisotopic (exact) mass is 822 g/mol. The van der Waals surface area contributed by atoms with Gasteiger partial charge in [0.05, 0.1) is 16.9 Å². The van der Waals surface area contributed by atoms with Crippen LogP contribution in [0.4, 0.5) is 46.5 Å². The van der Waals surface area contributed by atoms with Crippen molar-refractivity contribution in [3.63, 3.8) is 0 Å². The van der Waals surface area contributed by atoms with Crippen LogP contribution < -0.4 is 85.6 Å². The Bertz CT molecular complexity index is 2340. The Labute approximate surface area is 367 Å². The van der Waals surface area contributed by atoms with Gasteiger partial charge in [0.2, 0.25) is 34.4 Å². The van der Waals surface area contributed by atoms with Crippen LogP contribution in [0.25, 0.3) is 12.2 Å². The molecule has 2 aromatic heterocycles. The van der Waals surface area contributed by atoms with Crippen LogP contribution in [-0.2, 0) is 19.5 Å². The van der Waals surface area contributed by atoms with Crippen molar-refractivity contribution in [1.82, 2.24) is 29.9 Å². The maximum absolute atomic E-state index is 12.4. The topological polar surface area (TPSA) is 224 Å². The van der Waals surface area contributed by atoms with E-state index in [9.17, 15) is 18.2 Å². The average Bonchev–Trinajstić information content (AvgIpc) is 3.10. The molecule has 0 spiro atoms. The predicted molar refractivity (Wildman–Crippen MR) is 193 cm³/mol. The van der Waals surface area contributed by atoms with E-state index in [1.54, 1.807) is 30.3 Å². The fourth-order valence-electron chi connectivity index (χ4n) is 4.50. The van der Waals surface area contributed by atoms with E-state index in [1.807, 2.05) is 48.5 Å². The molecule has 54 heavy (non-hydrogen) atoms. The molecule has 0 saturated heterocycles. The van der Waals surface area contributed by atoms with Gasteiger partial charge < -0.3 is 31.1 Å². The molecule has 0 unspecified atom stereocenters. The number of benzene rings is 4. The van der Waals surface area contributed by atoms with Gasteiger partial charge in [-0.25, -0.2) is 8.42 Å². The fourth-order valence-corrected chi connectivity index (χ4v) is 6.03. The number of aromatic nitrogens is 6. The second-order valence-electron chi connectivity index (χ2n) is 10.2. The molecule has 0 aliphatic heterocycles. The average molecular weight is 824 g/mol. The number of hydrogen-bond acceptors (Lipinski definition) is 17. The predicted octanol–water partition coefficient (Wildman–Crippen LogP) is 0.651. The van der Waals surface area contributed by atoms with Crippen molar-refractivity contribution in [3.05, 3.63) is 119 Å². The fraction of sp³-hybridized carbons (Fsp3) is 0. The molecule has 22 heteroatoms. The van der Waals surface area contributed by atoms with Crippen molar-refractivity contribution in [2.24, 2.45) is 0 Å². The molecule has 6 aromatic rings. The van der Waals surface area contributed by atoms with E-state index in [0.29, 0.717) is 33.9 Å². The molecule has 4 aromatic carbocycles. The summed E-state index contributed by atoms with van der Waals surface area (Å²) in [6, 6.07) is 27.3. The molecule has 0 bridgehead atoms. The van der Waals surface area contributed by atoms with Gasteiger partial charge in [-0.1, -0.05) is 60.7 Å². The Morgan fingerprint density at radius 2 is 1.02 bits per heavy atom. The van der Waals surface area contributed by atoms with Gasteiger partial charge in [-0.2, -0.15) is 34.2 Å². The van der Waals surface area contributed by atoms with Crippen molar-refractivity contribution in [2.75, 3.05) is 21.3 Å². The van der Waals surface area contributed by atoms with Gasteiger partial charge in [0.1, 0.15) is 10.1 Å². The third-order valence-electron chi connectivity index (χ3n) is 6.68. The zero-order valence-corrected chi connectivity index (χ0v) is 35.2. The van der Waals surface area contributed by atoms with Crippen LogP contribution >= 0.6 is 35.2 Å². The molecule has 6 rings (SSSR count). The van der Waals surface area contributed by atoms with Crippen LogP contribution in [0.3, 0.4) is 0 Å². The van der Waals surface area contributed by atoms with E-state index in [-0.39, 0.29) is 105 Å². The number of nitrogens with one attached hydrogen (secondary N) is 4. The molecule has 0 amide bonds. The van der Waals surface area contributed by atoms with Crippen LogP contribution in [0.1, 0.15) is 11.1 Å². The first-order valence-electron chi connectivity index (χ1n) is 14.7. The van der Waals surface area contributed by atoms with E-state index in [4.69, 9.17) is 23.2 Å². The molecule has 0 aliphatic rings. The van der Waals surface area contributed by atoms with Crippen LogP contribution in [0.2, 0.25) is 10.6 Å². The van der Waals surface area contributed by atoms with Crippen LogP contribution in [0, 0.1) is 0 Å². The van der Waals surface area contributed by atoms with Gasteiger partial charge in [0.15, 0.2) is 0 Å². The molecule has 4 N–H and O–H groups in total. The van der Waals surface area contributed by atoms with Crippen molar-refractivity contribution in [3.8, 4) is 0 Å². The van der Waals surface area contributed by atoms with Gasteiger partial charge in [-0.05, 0) is 82.9 Å².